The summed E-state index contributed by atoms with van der Waals surface area (Å²) in [6.07, 6.45) is 6.75. The fourth-order valence-electron chi connectivity index (χ4n) is 2.13. The van der Waals surface area contributed by atoms with Crippen LogP contribution in [-0.2, 0) is 4.74 Å². The van der Waals surface area contributed by atoms with E-state index < -0.39 is 0 Å². The highest BCUT2D eigenvalue weighted by Crippen LogP contribution is 2.18. The Morgan fingerprint density at radius 2 is 1.94 bits per heavy atom. The van der Waals surface area contributed by atoms with Gasteiger partial charge >= 0.3 is 0 Å². The second-order valence-electron chi connectivity index (χ2n) is 4.23. The molecule has 0 bridgehead atoms. The molecule has 0 spiro atoms. The molecular formula is C14H19NO. The Morgan fingerprint density at radius 3 is 2.56 bits per heavy atom. The van der Waals surface area contributed by atoms with Crippen molar-refractivity contribution in [2.24, 2.45) is 0 Å². The Balaban J connectivity index is 1.99. The molecule has 2 nitrogen and oxygen atoms in total. The van der Waals surface area contributed by atoms with Crippen LogP contribution in [0.15, 0.2) is 42.5 Å². The maximum atomic E-state index is 5.29. The topological polar surface area (TPSA) is 21.3 Å². The van der Waals surface area contributed by atoms with Gasteiger partial charge in [0.05, 0.1) is 12.6 Å². The molecule has 0 saturated heterocycles. The average Bonchev–Trinajstić information content (AvgIpc) is 2.83. The Labute approximate surface area is 97.3 Å². The van der Waals surface area contributed by atoms with Crippen molar-refractivity contribution in [3.05, 3.63) is 48.0 Å². The molecule has 1 aromatic carbocycles. The molecule has 2 heteroatoms. The fourth-order valence-corrected chi connectivity index (χ4v) is 2.13. The van der Waals surface area contributed by atoms with Crippen LogP contribution in [0.5, 0.6) is 0 Å². The second kappa shape index (κ2) is 5.83. The lowest BCUT2D eigenvalue weighted by Gasteiger charge is -2.22. The van der Waals surface area contributed by atoms with Crippen LogP contribution < -0.4 is 5.32 Å². The smallest absolute Gasteiger partial charge is 0.0657 e. The highest BCUT2D eigenvalue weighted by molar-refractivity contribution is 5.19. The van der Waals surface area contributed by atoms with Gasteiger partial charge in [-0.1, -0.05) is 42.5 Å². The van der Waals surface area contributed by atoms with Gasteiger partial charge in [-0.15, -0.1) is 0 Å². The lowest BCUT2D eigenvalue weighted by atomic mass is 10.1. The Morgan fingerprint density at radius 1 is 1.25 bits per heavy atom. The lowest BCUT2D eigenvalue weighted by molar-refractivity contribution is 0.161. The van der Waals surface area contributed by atoms with Gasteiger partial charge in [0.1, 0.15) is 0 Å². The molecule has 0 aliphatic heterocycles. The van der Waals surface area contributed by atoms with Gasteiger partial charge < -0.3 is 10.1 Å². The predicted octanol–water partition coefficient (Wildman–Crippen LogP) is 2.68. The first-order valence-corrected chi connectivity index (χ1v) is 5.85. The van der Waals surface area contributed by atoms with Crippen molar-refractivity contribution in [2.75, 3.05) is 13.7 Å². The number of benzene rings is 1. The summed E-state index contributed by atoms with van der Waals surface area (Å²) in [6.45, 7) is 0.723. The number of hydrogen-bond donors (Lipinski definition) is 1. The molecule has 1 N–H and O–H groups in total. The van der Waals surface area contributed by atoms with Gasteiger partial charge in [0, 0.05) is 13.2 Å². The van der Waals surface area contributed by atoms with Crippen LogP contribution in [0, 0.1) is 0 Å². The summed E-state index contributed by atoms with van der Waals surface area (Å²) in [6, 6.07) is 11.4. The molecule has 0 radical (unpaired) electrons. The predicted molar refractivity (Wildman–Crippen MR) is 66.4 cm³/mol. The van der Waals surface area contributed by atoms with Crippen LogP contribution in [0.3, 0.4) is 0 Å². The summed E-state index contributed by atoms with van der Waals surface area (Å²) in [5, 5.41) is 3.65. The van der Waals surface area contributed by atoms with Gasteiger partial charge in [0.15, 0.2) is 0 Å². The van der Waals surface area contributed by atoms with Crippen LogP contribution in [0.4, 0.5) is 0 Å². The molecule has 1 aliphatic carbocycles. The molecule has 16 heavy (non-hydrogen) atoms. The molecule has 1 atom stereocenters. The van der Waals surface area contributed by atoms with Crippen LogP contribution in [0.25, 0.3) is 0 Å². The fraction of sp³-hybridized carbons (Fsp3) is 0.429. The minimum Gasteiger partial charge on any atom is -0.383 e. The van der Waals surface area contributed by atoms with Crippen LogP contribution >= 0.6 is 0 Å². The van der Waals surface area contributed by atoms with E-state index in [4.69, 9.17) is 4.74 Å². The minimum atomic E-state index is 0.302. The van der Waals surface area contributed by atoms with E-state index >= 15 is 0 Å². The van der Waals surface area contributed by atoms with Crippen molar-refractivity contribution < 1.29 is 4.74 Å². The number of hydrogen-bond acceptors (Lipinski definition) is 2. The Hall–Kier alpha value is -1.12. The van der Waals surface area contributed by atoms with E-state index in [1.807, 2.05) is 6.07 Å². The van der Waals surface area contributed by atoms with E-state index in [1.54, 1.807) is 7.11 Å². The Bertz CT molecular complexity index is 326. The summed E-state index contributed by atoms with van der Waals surface area (Å²) < 4.78 is 5.29. The monoisotopic (exact) mass is 217 g/mol. The number of ether oxygens (including phenoxy) is 1. The third kappa shape index (κ3) is 2.94. The van der Waals surface area contributed by atoms with E-state index in [1.165, 1.54) is 5.56 Å². The summed E-state index contributed by atoms with van der Waals surface area (Å²) in [7, 11) is 1.75. The van der Waals surface area contributed by atoms with Crippen molar-refractivity contribution >= 4 is 0 Å². The van der Waals surface area contributed by atoms with Gasteiger partial charge in [-0.3, -0.25) is 0 Å². The van der Waals surface area contributed by atoms with Gasteiger partial charge in [-0.25, -0.2) is 0 Å². The van der Waals surface area contributed by atoms with Gasteiger partial charge in [-0.2, -0.15) is 0 Å². The molecule has 2 rings (SSSR count). The van der Waals surface area contributed by atoms with Gasteiger partial charge in [-0.05, 0) is 18.4 Å². The number of rotatable bonds is 5. The van der Waals surface area contributed by atoms with E-state index in [0.717, 1.165) is 19.4 Å². The molecule has 1 aromatic rings. The van der Waals surface area contributed by atoms with Crippen molar-refractivity contribution in [3.8, 4) is 0 Å². The maximum absolute atomic E-state index is 5.29. The third-order valence-electron chi connectivity index (χ3n) is 2.98. The van der Waals surface area contributed by atoms with Crippen LogP contribution in [-0.4, -0.2) is 19.8 Å². The molecule has 0 heterocycles. The first kappa shape index (κ1) is 11.4. The van der Waals surface area contributed by atoms with Crippen molar-refractivity contribution in [3.63, 3.8) is 0 Å². The molecule has 1 unspecified atom stereocenters. The number of methoxy groups -OCH3 is 1. The molecule has 0 saturated carbocycles. The van der Waals surface area contributed by atoms with E-state index in [2.05, 4.69) is 41.7 Å². The summed E-state index contributed by atoms with van der Waals surface area (Å²) in [5.74, 6) is 0. The highest BCUT2D eigenvalue weighted by atomic mass is 16.5. The molecule has 0 aromatic heterocycles. The summed E-state index contributed by atoms with van der Waals surface area (Å²) in [4.78, 5) is 0. The normalized spacial score (nSPS) is 17.8. The molecule has 1 aliphatic rings. The third-order valence-corrected chi connectivity index (χ3v) is 2.98. The largest absolute Gasteiger partial charge is 0.383 e. The van der Waals surface area contributed by atoms with Crippen molar-refractivity contribution in [2.45, 2.75) is 24.9 Å². The van der Waals surface area contributed by atoms with Crippen LogP contribution in [0.1, 0.15) is 24.4 Å². The second-order valence-corrected chi connectivity index (χ2v) is 4.23. The standard InChI is InChI=1S/C14H19NO/c1-16-11-14(12-7-3-2-4-8-12)15-13-9-5-6-10-13/h2-8,13-15H,9-11H2,1H3. The van der Waals surface area contributed by atoms with E-state index in [-0.39, 0.29) is 0 Å². The van der Waals surface area contributed by atoms with Crippen molar-refractivity contribution in [1.29, 1.82) is 0 Å². The molecular weight excluding hydrogens is 198 g/mol. The minimum absolute atomic E-state index is 0.302. The zero-order valence-electron chi connectivity index (χ0n) is 9.73. The van der Waals surface area contributed by atoms with Gasteiger partial charge in [0.25, 0.3) is 0 Å². The lowest BCUT2D eigenvalue weighted by Crippen LogP contribution is -2.33. The summed E-state index contributed by atoms with van der Waals surface area (Å²) in [5.41, 5.74) is 1.30. The highest BCUT2D eigenvalue weighted by Gasteiger charge is 2.17. The molecule has 0 fully saturated rings. The quantitative estimate of drug-likeness (QED) is 0.766. The number of nitrogens with one attached hydrogen (secondary N) is 1. The summed E-state index contributed by atoms with van der Waals surface area (Å²) >= 11 is 0. The van der Waals surface area contributed by atoms with E-state index in [9.17, 15) is 0 Å². The molecule has 0 amide bonds. The molecule has 86 valence electrons. The average molecular weight is 217 g/mol. The Kier molecular flexibility index (Phi) is 4.14. The first-order valence-electron chi connectivity index (χ1n) is 5.85. The van der Waals surface area contributed by atoms with E-state index in [0.29, 0.717) is 12.1 Å². The maximum Gasteiger partial charge on any atom is 0.0657 e. The van der Waals surface area contributed by atoms with Crippen molar-refractivity contribution in [1.82, 2.24) is 5.32 Å². The zero-order valence-corrected chi connectivity index (χ0v) is 9.73. The zero-order chi connectivity index (χ0) is 11.2. The van der Waals surface area contributed by atoms with Gasteiger partial charge in [0.2, 0.25) is 0 Å². The first-order chi connectivity index (χ1) is 7.90. The van der Waals surface area contributed by atoms with Crippen LogP contribution in [0.2, 0.25) is 0 Å². The SMILES string of the molecule is COCC(NC1CC=CC1)c1ccccc1.